The normalized spacial score (nSPS) is 22.4. The topological polar surface area (TPSA) is 103 Å². The van der Waals surface area contributed by atoms with Crippen molar-refractivity contribution in [2.75, 3.05) is 39.5 Å². The van der Waals surface area contributed by atoms with Gasteiger partial charge in [-0.15, -0.1) is 11.3 Å². The van der Waals surface area contributed by atoms with Crippen LogP contribution in [0.5, 0.6) is 5.75 Å². The predicted molar refractivity (Wildman–Crippen MR) is 183 cm³/mol. The van der Waals surface area contributed by atoms with Gasteiger partial charge in [-0.3, -0.25) is 14.5 Å². The van der Waals surface area contributed by atoms with Crippen molar-refractivity contribution in [1.82, 2.24) is 10.2 Å². The molecule has 0 spiro atoms. The minimum absolute atomic E-state index is 0.136. The van der Waals surface area contributed by atoms with Crippen LogP contribution in [-0.2, 0) is 14.3 Å². The van der Waals surface area contributed by atoms with Crippen LogP contribution >= 0.6 is 22.9 Å². The first-order valence-corrected chi connectivity index (χ1v) is 18.0. The minimum Gasteiger partial charge on any atom is -0.494 e. The molecule has 0 saturated carbocycles. The molecule has 2 aromatic carbocycles. The number of likely N-dealkylation sites (tertiary alicyclic amines) is 1. The van der Waals surface area contributed by atoms with Crippen molar-refractivity contribution in [3.8, 4) is 27.3 Å². The van der Waals surface area contributed by atoms with E-state index in [0.29, 0.717) is 67.3 Å². The molecule has 1 aromatic heterocycles. The Kier molecular flexibility index (Phi) is 11.3. The Morgan fingerprint density at radius 2 is 1.82 bits per heavy atom. The number of ether oxygens (including phenoxy) is 3. The first-order valence-electron chi connectivity index (χ1n) is 16.8. The van der Waals surface area contributed by atoms with Crippen LogP contribution in [-0.4, -0.2) is 79.8 Å². The number of thiophene rings is 1. The van der Waals surface area contributed by atoms with Gasteiger partial charge in [0.15, 0.2) is 12.1 Å². The highest BCUT2D eigenvalue weighted by Crippen LogP contribution is 2.45. The fraction of sp³-hybridized carbons (Fsp3) is 0.500. The Morgan fingerprint density at radius 1 is 1.04 bits per heavy atom. The molecule has 1 amide bonds. The van der Waals surface area contributed by atoms with Gasteiger partial charge >= 0.3 is 0 Å². The summed E-state index contributed by atoms with van der Waals surface area (Å²) in [6, 6.07) is 11.7. The van der Waals surface area contributed by atoms with Crippen LogP contribution in [0.4, 0.5) is 13.2 Å². The van der Waals surface area contributed by atoms with Crippen molar-refractivity contribution in [3.63, 3.8) is 0 Å². The van der Waals surface area contributed by atoms with Crippen LogP contribution < -0.4 is 15.8 Å². The van der Waals surface area contributed by atoms with Gasteiger partial charge in [0.2, 0.25) is 5.91 Å². The Morgan fingerprint density at radius 3 is 2.51 bits per heavy atom. The highest BCUT2D eigenvalue weighted by molar-refractivity contribution is 7.18. The molecule has 1 unspecified atom stereocenters. The van der Waals surface area contributed by atoms with Crippen LogP contribution in [0.1, 0.15) is 61.0 Å². The second-order valence-electron chi connectivity index (χ2n) is 12.9. The van der Waals surface area contributed by atoms with E-state index < -0.39 is 47.9 Å². The molecule has 3 aliphatic rings. The van der Waals surface area contributed by atoms with Crippen LogP contribution in [0.25, 0.3) is 21.6 Å². The maximum atomic E-state index is 15.0. The van der Waals surface area contributed by atoms with Gasteiger partial charge in [-0.25, -0.2) is 13.2 Å². The lowest BCUT2D eigenvalue weighted by atomic mass is 9.80. The number of hydrogen-bond donors (Lipinski definition) is 2. The highest BCUT2D eigenvalue weighted by Gasteiger charge is 2.53. The first kappa shape index (κ1) is 35.8. The Balaban J connectivity index is 1.26. The minimum atomic E-state index is -3.09. The summed E-state index contributed by atoms with van der Waals surface area (Å²) in [5.74, 6) is -4.09. The lowest BCUT2D eigenvalue weighted by molar-refractivity contribution is -0.163. The number of Topliss-reactive ketones (excluding diaryl/α,β-unsaturated/α-hetero) is 1. The summed E-state index contributed by atoms with van der Waals surface area (Å²) >= 11 is 7.62. The monoisotopic (exact) mass is 719 g/mol. The van der Waals surface area contributed by atoms with Gasteiger partial charge in [-0.2, -0.15) is 0 Å². The summed E-state index contributed by atoms with van der Waals surface area (Å²) in [5.41, 5.74) is 6.58. The number of carbonyl (C=O) groups excluding carboxylic acids is 2. The lowest BCUT2D eigenvalue weighted by Crippen LogP contribution is -2.68. The van der Waals surface area contributed by atoms with Gasteiger partial charge in [0.25, 0.3) is 5.92 Å². The maximum Gasteiger partial charge on any atom is 0.251 e. The third-order valence-electron chi connectivity index (χ3n) is 9.64. The van der Waals surface area contributed by atoms with Crippen molar-refractivity contribution < 1.29 is 37.0 Å². The average molecular weight is 720 g/mol. The van der Waals surface area contributed by atoms with E-state index in [1.165, 1.54) is 18.2 Å². The van der Waals surface area contributed by atoms with Crippen LogP contribution in [0.3, 0.4) is 0 Å². The number of carbonyl (C=O) groups is 2. The smallest absolute Gasteiger partial charge is 0.251 e. The number of primary amides is 1. The molecule has 3 saturated heterocycles. The number of hydrogen-bond acceptors (Lipinski definition) is 8. The Bertz CT molecular complexity index is 1630. The molecule has 3 aromatic rings. The molecule has 6 rings (SSSR count). The van der Waals surface area contributed by atoms with Crippen molar-refractivity contribution >= 4 is 34.6 Å². The number of nitrogens with one attached hydrogen (secondary N) is 1. The van der Waals surface area contributed by atoms with Crippen LogP contribution in [0.2, 0.25) is 5.02 Å². The summed E-state index contributed by atoms with van der Waals surface area (Å²) < 4.78 is 61.3. The fourth-order valence-electron chi connectivity index (χ4n) is 7.00. The molecule has 8 nitrogen and oxygen atoms in total. The number of amides is 1. The summed E-state index contributed by atoms with van der Waals surface area (Å²) in [6.45, 7) is 2.53. The van der Waals surface area contributed by atoms with Crippen molar-refractivity contribution in [2.24, 2.45) is 5.73 Å². The molecule has 13 heteroatoms. The summed E-state index contributed by atoms with van der Waals surface area (Å²) in [4.78, 5) is 29.7. The number of ketones is 1. The van der Waals surface area contributed by atoms with Crippen LogP contribution in [0, 0.1) is 5.82 Å². The fourth-order valence-corrected chi connectivity index (χ4v) is 8.52. The zero-order valence-corrected chi connectivity index (χ0v) is 28.7. The number of piperidine rings is 2. The van der Waals surface area contributed by atoms with Gasteiger partial charge in [-0.1, -0.05) is 23.7 Å². The summed E-state index contributed by atoms with van der Waals surface area (Å²) in [6.07, 6.45) is 3.06. The molecule has 3 N–H and O–H groups in total. The zero-order valence-electron chi connectivity index (χ0n) is 27.2. The first-order chi connectivity index (χ1) is 23.6. The van der Waals surface area contributed by atoms with Crippen LogP contribution in [0.15, 0.2) is 48.5 Å². The van der Waals surface area contributed by atoms with Crippen molar-refractivity contribution in [3.05, 3.63) is 64.2 Å². The van der Waals surface area contributed by atoms with E-state index in [1.807, 2.05) is 24.3 Å². The number of nitrogens with two attached hydrogens (primary N) is 1. The Labute approximate surface area is 293 Å². The van der Waals surface area contributed by atoms with Gasteiger partial charge in [0, 0.05) is 48.4 Å². The van der Waals surface area contributed by atoms with E-state index in [4.69, 9.17) is 31.5 Å². The number of alkyl halides is 2. The molecule has 2 atom stereocenters. The van der Waals surface area contributed by atoms with E-state index in [-0.39, 0.29) is 22.7 Å². The van der Waals surface area contributed by atoms with E-state index in [1.54, 1.807) is 11.0 Å². The molecule has 0 bridgehead atoms. The average Bonchev–Trinajstić information content (AvgIpc) is 3.53. The van der Waals surface area contributed by atoms with Gasteiger partial charge in [0.1, 0.15) is 17.1 Å². The molecule has 264 valence electrons. The van der Waals surface area contributed by atoms with Gasteiger partial charge < -0.3 is 25.3 Å². The van der Waals surface area contributed by atoms with Crippen molar-refractivity contribution in [2.45, 2.75) is 75.2 Å². The molecular formula is C36H41ClF3N3O5S. The molecule has 4 heterocycles. The standard InChI is InChI=1S/C36H41ClF3N3O5S/c37-28-20-24(38)7-10-26(28)33-27(23-5-8-25(9-6-23)46-18-3-19-48-31-4-1-2-17-47-31)21-30(49-33)32(44)29-22-36(39,40)13-16-43(29)35(34(41)45)11-14-42-15-12-35/h5-10,20-21,29,31,42H,1-4,11-19,22H2,(H2,41,45)/t29-,31?/m1/s1. The van der Waals surface area contributed by atoms with E-state index >= 15 is 0 Å². The summed E-state index contributed by atoms with van der Waals surface area (Å²) in [5, 5.41) is 3.34. The number of halogens is 4. The predicted octanol–water partition coefficient (Wildman–Crippen LogP) is 7.08. The molecule has 0 aliphatic carbocycles. The number of benzene rings is 2. The largest absolute Gasteiger partial charge is 0.494 e. The quantitative estimate of drug-likeness (QED) is 0.152. The zero-order chi connectivity index (χ0) is 34.6. The second-order valence-corrected chi connectivity index (χ2v) is 14.4. The van der Waals surface area contributed by atoms with E-state index in [9.17, 15) is 22.8 Å². The third kappa shape index (κ3) is 8.16. The molecule has 0 radical (unpaired) electrons. The highest BCUT2D eigenvalue weighted by atomic mass is 35.5. The molecule has 3 fully saturated rings. The molecule has 49 heavy (non-hydrogen) atoms. The SMILES string of the molecule is NC(=O)C1(N2CCC(F)(F)C[C@@H]2C(=O)c2cc(-c3ccc(OCCCOC4CCCCO4)cc3)c(-c3ccc(F)cc3Cl)s2)CCNCC1. The summed E-state index contributed by atoms with van der Waals surface area (Å²) in [7, 11) is 0. The Hall–Kier alpha value is -3.00. The van der Waals surface area contributed by atoms with Crippen molar-refractivity contribution in [1.29, 1.82) is 0 Å². The maximum absolute atomic E-state index is 15.0. The number of rotatable bonds is 12. The third-order valence-corrected chi connectivity index (χ3v) is 11.1. The molecular weight excluding hydrogens is 679 g/mol. The number of nitrogens with zero attached hydrogens (tertiary/aromatic N) is 1. The van der Waals surface area contributed by atoms with E-state index in [0.717, 1.165) is 42.8 Å². The van der Waals surface area contributed by atoms with Gasteiger partial charge in [0.05, 0.1) is 29.2 Å². The molecule has 3 aliphatic heterocycles. The van der Waals surface area contributed by atoms with Gasteiger partial charge in [-0.05, 0) is 87.2 Å². The lowest BCUT2D eigenvalue weighted by Gasteiger charge is -2.50. The van der Waals surface area contributed by atoms with E-state index in [2.05, 4.69) is 5.32 Å². The second kappa shape index (κ2) is 15.5.